The molecule has 5 nitrogen and oxygen atoms in total. The standard InChI is InChI=1S/C17H21N3O2/c1-12-4-6-13(7-5-12)9-15-16(22)19-17(18-15)20-8-2-3-14(10-20)11-21/h4-7,9,14,21H,2-3,8,10-11H2,1H3,(H,18,19,22)/b15-9-/t14-/m0/s1. The van der Waals surface area contributed by atoms with Gasteiger partial charge >= 0.3 is 0 Å². The van der Waals surface area contributed by atoms with E-state index < -0.39 is 0 Å². The third-order valence-electron chi connectivity index (χ3n) is 4.14. The van der Waals surface area contributed by atoms with Crippen molar-refractivity contribution in [1.29, 1.82) is 0 Å². The van der Waals surface area contributed by atoms with Gasteiger partial charge in [0.2, 0.25) is 5.96 Å². The first-order chi connectivity index (χ1) is 10.7. The van der Waals surface area contributed by atoms with Crippen LogP contribution in [0.4, 0.5) is 0 Å². The molecular formula is C17H21N3O2. The minimum absolute atomic E-state index is 0.165. The monoisotopic (exact) mass is 299 g/mol. The summed E-state index contributed by atoms with van der Waals surface area (Å²) in [5.41, 5.74) is 2.59. The lowest BCUT2D eigenvalue weighted by Gasteiger charge is -2.32. The van der Waals surface area contributed by atoms with E-state index in [0.29, 0.717) is 11.7 Å². The molecule has 2 aliphatic rings. The molecule has 2 heterocycles. The maximum absolute atomic E-state index is 12.1. The Morgan fingerprint density at radius 2 is 2.18 bits per heavy atom. The van der Waals surface area contributed by atoms with Gasteiger partial charge in [-0.3, -0.25) is 10.1 Å². The number of aliphatic hydroxyl groups is 1. The first-order valence-electron chi connectivity index (χ1n) is 7.70. The molecule has 2 aliphatic heterocycles. The van der Waals surface area contributed by atoms with E-state index in [-0.39, 0.29) is 18.4 Å². The van der Waals surface area contributed by atoms with Gasteiger partial charge in [0, 0.05) is 19.7 Å². The summed E-state index contributed by atoms with van der Waals surface area (Å²) in [5.74, 6) is 0.710. The van der Waals surface area contributed by atoms with E-state index in [1.165, 1.54) is 5.56 Å². The second kappa shape index (κ2) is 6.32. The fraction of sp³-hybridized carbons (Fsp3) is 0.412. The van der Waals surface area contributed by atoms with Crippen LogP contribution >= 0.6 is 0 Å². The summed E-state index contributed by atoms with van der Waals surface area (Å²) in [7, 11) is 0. The molecule has 0 aromatic heterocycles. The van der Waals surface area contributed by atoms with Gasteiger partial charge in [0.15, 0.2) is 0 Å². The molecule has 0 saturated carbocycles. The lowest BCUT2D eigenvalue weighted by Crippen LogP contribution is -2.46. The molecule has 5 heteroatoms. The molecule has 0 unspecified atom stereocenters. The molecule has 1 atom stereocenters. The third kappa shape index (κ3) is 3.20. The van der Waals surface area contributed by atoms with E-state index in [1.54, 1.807) is 6.08 Å². The highest BCUT2D eigenvalue weighted by Gasteiger charge is 2.28. The molecular weight excluding hydrogens is 278 g/mol. The Morgan fingerprint density at radius 3 is 2.91 bits per heavy atom. The predicted molar refractivity (Wildman–Crippen MR) is 86.1 cm³/mol. The number of carbonyl (C=O) groups is 1. The fourth-order valence-electron chi connectivity index (χ4n) is 2.83. The summed E-state index contributed by atoms with van der Waals surface area (Å²) in [5, 5.41) is 12.1. The summed E-state index contributed by atoms with van der Waals surface area (Å²) < 4.78 is 0. The number of carbonyl (C=O) groups excluding carboxylic acids is 1. The predicted octanol–water partition coefficient (Wildman–Crippen LogP) is 1.53. The maximum atomic E-state index is 12.1. The zero-order valence-electron chi connectivity index (χ0n) is 12.7. The molecule has 0 bridgehead atoms. The van der Waals surface area contributed by atoms with Crippen LogP contribution in [0.25, 0.3) is 6.08 Å². The van der Waals surface area contributed by atoms with Crippen LogP contribution in [0.15, 0.2) is 35.0 Å². The number of piperidine rings is 1. The van der Waals surface area contributed by atoms with Crippen molar-refractivity contribution >= 4 is 17.9 Å². The summed E-state index contributed by atoms with van der Waals surface area (Å²) in [4.78, 5) is 18.6. The van der Waals surface area contributed by atoms with Crippen LogP contribution in [-0.2, 0) is 4.79 Å². The number of aliphatic hydroxyl groups excluding tert-OH is 1. The molecule has 1 aromatic carbocycles. The Balaban J connectivity index is 1.77. The Kier molecular flexibility index (Phi) is 4.24. The molecule has 0 aliphatic carbocycles. The zero-order valence-corrected chi connectivity index (χ0v) is 12.7. The molecule has 116 valence electrons. The molecule has 0 radical (unpaired) electrons. The fourth-order valence-corrected chi connectivity index (χ4v) is 2.83. The molecule has 0 spiro atoms. The number of nitrogens with zero attached hydrogens (tertiary/aromatic N) is 2. The van der Waals surface area contributed by atoms with Crippen LogP contribution in [0.2, 0.25) is 0 Å². The second-order valence-electron chi connectivity index (χ2n) is 5.97. The lowest BCUT2D eigenvalue weighted by molar-refractivity contribution is -0.115. The Labute approximate surface area is 130 Å². The maximum Gasteiger partial charge on any atom is 0.276 e. The smallest absolute Gasteiger partial charge is 0.276 e. The Hall–Kier alpha value is -2.14. The van der Waals surface area contributed by atoms with Gasteiger partial charge in [-0.05, 0) is 37.3 Å². The minimum atomic E-state index is -0.165. The van der Waals surface area contributed by atoms with Gasteiger partial charge in [-0.15, -0.1) is 0 Å². The average Bonchev–Trinajstić information content (AvgIpc) is 2.91. The first-order valence-corrected chi connectivity index (χ1v) is 7.70. The molecule has 2 N–H and O–H groups in total. The van der Waals surface area contributed by atoms with Gasteiger partial charge < -0.3 is 10.0 Å². The van der Waals surface area contributed by atoms with E-state index in [4.69, 9.17) is 0 Å². The number of benzene rings is 1. The van der Waals surface area contributed by atoms with Crippen LogP contribution < -0.4 is 5.32 Å². The number of aryl methyl sites for hydroxylation is 1. The van der Waals surface area contributed by atoms with Crippen molar-refractivity contribution in [3.05, 3.63) is 41.1 Å². The zero-order chi connectivity index (χ0) is 15.5. The SMILES string of the molecule is Cc1ccc(/C=C2\N=C(N3CCC[C@H](CO)C3)NC2=O)cc1. The average molecular weight is 299 g/mol. The van der Waals surface area contributed by atoms with E-state index >= 15 is 0 Å². The largest absolute Gasteiger partial charge is 0.396 e. The van der Waals surface area contributed by atoms with E-state index in [2.05, 4.69) is 15.2 Å². The summed E-state index contributed by atoms with van der Waals surface area (Å²) in [6, 6.07) is 7.98. The van der Waals surface area contributed by atoms with Gasteiger partial charge in [0.1, 0.15) is 5.70 Å². The Morgan fingerprint density at radius 1 is 1.41 bits per heavy atom. The van der Waals surface area contributed by atoms with Crippen LogP contribution in [0.1, 0.15) is 24.0 Å². The highest BCUT2D eigenvalue weighted by atomic mass is 16.3. The summed E-state index contributed by atoms with van der Waals surface area (Å²) in [6.07, 6.45) is 3.84. The molecule has 1 amide bonds. The highest BCUT2D eigenvalue weighted by molar-refractivity contribution is 6.13. The van der Waals surface area contributed by atoms with E-state index in [0.717, 1.165) is 31.5 Å². The Bertz CT molecular complexity index is 619. The number of hydrogen-bond acceptors (Lipinski definition) is 4. The molecule has 3 rings (SSSR count). The lowest BCUT2D eigenvalue weighted by atomic mass is 9.99. The van der Waals surface area contributed by atoms with Gasteiger partial charge in [-0.25, -0.2) is 4.99 Å². The molecule has 22 heavy (non-hydrogen) atoms. The summed E-state index contributed by atoms with van der Waals surface area (Å²) >= 11 is 0. The van der Waals surface area contributed by atoms with Crippen LogP contribution in [0, 0.1) is 12.8 Å². The van der Waals surface area contributed by atoms with E-state index in [1.807, 2.05) is 31.2 Å². The second-order valence-corrected chi connectivity index (χ2v) is 5.97. The molecule has 1 saturated heterocycles. The van der Waals surface area contributed by atoms with Crippen LogP contribution in [0.5, 0.6) is 0 Å². The van der Waals surface area contributed by atoms with Crippen LogP contribution in [0.3, 0.4) is 0 Å². The van der Waals surface area contributed by atoms with Crippen molar-refractivity contribution < 1.29 is 9.90 Å². The number of aliphatic imine (C=N–C) groups is 1. The van der Waals surface area contributed by atoms with Crippen molar-refractivity contribution in [3.8, 4) is 0 Å². The van der Waals surface area contributed by atoms with Gasteiger partial charge in [0.25, 0.3) is 5.91 Å². The van der Waals surface area contributed by atoms with Crippen molar-refractivity contribution in [2.75, 3.05) is 19.7 Å². The van der Waals surface area contributed by atoms with Gasteiger partial charge in [-0.1, -0.05) is 29.8 Å². The number of hydrogen-bond donors (Lipinski definition) is 2. The molecule has 1 aromatic rings. The van der Waals surface area contributed by atoms with Crippen molar-refractivity contribution in [1.82, 2.24) is 10.2 Å². The quantitative estimate of drug-likeness (QED) is 0.814. The number of rotatable bonds is 2. The van der Waals surface area contributed by atoms with Crippen molar-refractivity contribution in [2.45, 2.75) is 19.8 Å². The highest BCUT2D eigenvalue weighted by Crippen LogP contribution is 2.19. The van der Waals surface area contributed by atoms with Gasteiger partial charge in [-0.2, -0.15) is 0 Å². The van der Waals surface area contributed by atoms with Crippen molar-refractivity contribution in [2.24, 2.45) is 10.9 Å². The van der Waals surface area contributed by atoms with Gasteiger partial charge in [0.05, 0.1) is 0 Å². The number of guanidine groups is 1. The van der Waals surface area contributed by atoms with Crippen LogP contribution in [-0.4, -0.2) is 41.6 Å². The topological polar surface area (TPSA) is 64.9 Å². The first kappa shape index (κ1) is 14.8. The third-order valence-corrected chi connectivity index (χ3v) is 4.14. The number of amides is 1. The minimum Gasteiger partial charge on any atom is -0.396 e. The van der Waals surface area contributed by atoms with Crippen molar-refractivity contribution in [3.63, 3.8) is 0 Å². The number of nitrogens with one attached hydrogen (secondary N) is 1. The summed E-state index contributed by atoms with van der Waals surface area (Å²) in [6.45, 7) is 3.83. The normalized spacial score (nSPS) is 23.6. The van der Waals surface area contributed by atoms with E-state index in [9.17, 15) is 9.90 Å². The number of likely N-dealkylation sites (tertiary alicyclic amines) is 1. The molecule has 1 fully saturated rings.